The van der Waals surface area contributed by atoms with E-state index in [1.807, 2.05) is 32.0 Å². The van der Waals surface area contributed by atoms with E-state index in [0.29, 0.717) is 18.2 Å². The van der Waals surface area contributed by atoms with Gasteiger partial charge in [0.15, 0.2) is 0 Å². The summed E-state index contributed by atoms with van der Waals surface area (Å²) < 4.78 is 14.8. The number of aryl methyl sites for hydroxylation is 2. The third-order valence-corrected chi connectivity index (χ3v) is 4.87. The van der Waals surface area contributed by atoms with Crippen LogP contribution >= 0.6 is 11.6 Å². The number of rotatable bonds is 6. The van der Waals surface area contributed by atoms with E-state index in [9.17, 15) is 9.18 Å². The van der Waals surface area contributed by atoms with Gasteiger partial charge in [0, 0.05) is 30.4 Å². The van der Waals surface area contributed by atoms with Gasteiger partial charge in [0.25, 0.3) is 0 Å². The summed E-state index contributed by atoms with van der Waals surface area (Å²) in [6.07, 6.45) is 0. The van der Waals surface area contributed by atoms with Crippen LogP contribution in [0, 0.1) is 19.7 Å². The molecule has 28 heavy (non-hydrogen) atoms. The molecule has 0 aliphatic rings. The van der Waals surface area contributed by atoms with Crippen LogP contribution in [0.25, 0.3) is 0 Å². The molecule has 0 aliphatic carbocycles. The smallest absolute Gasteiger partial charge is 0.221 e. The second-order valence-electron chi connectivity index (χ2n) is 6.70. The van der Waals surface area contributed by atoms with Crippen LogP contribution in [0.3, 0.4) is 0 Å². The van der Waals surface area contributed by atoms with Gasteiger partial charge < -0.3 is 10.6 Å². The third kappa shape index (κ3) is 4.70. The van der Waals surface area contributed by atoms with E-state index >= 15 is 0 Å². The molecule has 0 radical (unpaired) electrons. The molecule has 0 fully saturated rings. The fraction of sp³-hybridized carbons (Fsp3) is 0.238. The number of nitrogens with one attached hydrogen (secondary N) is 2. The van der Waals surface area contributed by atoms with E-state index in [1.165, 1.54) is 19.1 Å². The lowest BCUT2D eigenvalue weighted by molar-refractivity contribution is -0.114. The number of hydrogen-bond donors (Lipinski definition) is 2. The number of carbonyl (C=O) groups is 1. The first kappa shape index (κ1) is 19.9. The maximum absolute atomic E-state index is 13.1. The number of hydrogen-bond acceptors (Lipinski definition) is 3. The standard InChI is InChI=1S/C21H22ClFN4O/c1-13-4-9-18(10-20(13)25-15(3)28)24-11-19-14(2)26-27(21(19)22)12-16-5-7-17(23)8-6-16/h4-10,24H,11-12H2,1-3H3,(H,25,28). The van der Waals surface area contributed by atoms with E-state index in [1.54, 1.807) is 16.8 Å². The number of nitrogens with zero attached hydrogens (tertiary/aromatic N) is 2. The Bertz CT molecular complexity index is 998. The van der Waals surface area contributed by atoms with Gasteiger partial charge in [0.2, 0.25) is 5.91 Å². The Morgan fingerprint density at radius 1 is 1.18 bits per heavy atom. The molecule has 0 aliphatic heterocycles. The second-order valence-corrected chi connectivity index (χ2v) is 7.06. The van der Waals surface area contributed by atoms with Crippen molar-refractivity contribution in [3.8, 4) is 0 Å². The number of aromatic nitrogens is 2. The zero-order valence-corrected chi connectivity index (χ0v) is 16.8. The fourth-order valence-corrected chi connectivity index (χ4v) is 3.21. The Morgan fingerprint density at radius 3 is 2.57 bits per heavy atom. The van der Waals surface area contributed by atoms with Crippen molar-refractivity contribution in [2.75, 3.05) is 10.6 Å². The fourth-order valence-electron chi connectivity index (χ4n) is 2.91. The molecule has 2 aromatic carbocycles. The van der Waals surface area contributed by atoms with E-state index in [0.717, 1.165) is 33.8 Å². The molecule has 1 amide bonds. The van der Waals surface area contributed by atoms with Gasteiger partial charge in [-0.1, -0.05) is 29.8 Å². The zero-order chi connectivity index (χ0) is 20.3. The normalized spacial score (nSPS) is 10.8. The number of carbonyl (C=O) groups excluding carboxylic acids is 1. The van der Waals surface area contributed by atoms with Gasteiger partial charge in [-0.05, 0) is 49.2 Å². The van der Waals surface area contributed by atoms with Crippen molar-refractivity contribution < 1.29 is 9.18 Å². The molecule has 7 heteroatoms. The van der Waals surface area contributed by atoms with Crippen molar-refractivity contribution in [3.63, 3.8) is 0 Å². The molecule has 0 saturated heterocycles. The van der Waals surface area contributed by atoms with Crippen molar-refractivity contribution in [3.05, 3.63) is 75.8 Å². The first-order chi connectivity index (χ1) is 13.3. The first-order valence-electron chi connectivity index (χ1n) is 8.92. The van der Waals surface area contributed by atoms with Gasteiger partial charge >= 0.3 is 0 Å². The van der Waals surface area contributed by atoms with E-state index in [-0.39, 0.29) is 11.7 Å². The molecule has 3 aromatic rings. The van der Waals surface area contributed by atoms with Crippen molar-refractivity contribution in [1.29, 1.82) is 0 Å². The van der Waals surface area contributed by atoms with Gasteiger partial charge in [0.05, 0.1) is 12.2 Å². The van der Waals surface area contributed by atoms with Crippen molar-refractivity contribution in [2.24, 2.45) is 0 Å². The minimum atomic E-state index is -0.270. The highest BCUT2D eigenvalue weighted by Gasteiger charge is 2.14. The van der Waals surface area contributed by atoms with Crippen LogP contribution in [0.5, 0.6) is 0 Å². The van der Waals surface area contributed by atoms with Crippen molar-refractivity contribution >= 4 is 28.9 Å². The monoisotopic (exact) mass is 400 g/mol. The molecular weight excluding hydrogens is 379 g/mol. The minimum Gasteiger partial charge on any atom is -0.381 e. The van der Waals surface area contributed by atoms with Crippen molar-refractivity contribution in [2.45, 2.75) is 33.9 Å². The minimum absolute atomic E-state index is 0.110. The quantitative estimate of drug-likeness (QED) is 0.618. The molecular formula is C21H22ClFN4O. The van der Waals surface area contributed by atoms with Crippen LogP contribution in [0.1, 0.15) is 29.3 Å². The lowest BCUT2D eigenvalue weighted by atomic mass is 10.1. The third-order valence-electron chi connectivity index (χ3n) is 4.45. The lowest BCUT2D eigenvalue weighted by Crippen LogP contribution is -2.08. The summed E-state index contributed by atoms with van der Waals surface area (Å²) in [6, 6.07) is 12.1. The summed E-state index contributed by atoms with van der Waals surface area (Å²) in [5.74, 6) is -0.380. The number of halogens is 2. The predicted octanol–water partition coefficient (Wildman–Crippen LogP) is 4.91. The van der Waals surface area contributed by atoms with Gasteiger partial charge in [-0.2, -0.15) is 5.10 Å². The summed E-state index contributed by atoms with van der Waals surface area (Å²) >= 11 is 6.53. The molecule has 0 atom stereocenters. The highest BCUT2D eigenvalue weighted by molar-refractivity contribution is 6.30. The van der Waals surface area contributed by atoms with Gasteiger partial charge in [0.1, 0.15) is 11.0 Å². The van der Waals surface area contributed by atoms with Crippen LogP contribution in [-0.4, -0.2) is 15.7 Å². The average molecular weight is 401 g/mol. The molecule has 1 heterocycles. The Hall–Kier alpha value is -2.86. The summed E-state index contributed by atoms with van der Waals surface area (Å²) in [6.45, 7) is 6.30. The lowest BCUT2D eigenvalue weighted by Gasteiger charge is -2.11. The number of amides is 1. The molecule has 0 bridgehead atoms. The Morgan fingerprint density at radius 2 is 1.89 bits per heavy atom. The largest absolute Gasteiger partial charge is 0.381 e. The summed E-state index contributed by atoms with van der Waals surface area (Å²) in [5, 5.41) is 11.2. The maximum atomic E-state index is 13.1. The van der Waals surface area contributed by atoms with Crippen LogP contribution in [0.15, 0.2) is 42.5 Å². The van der Waals surface area contributed by atoms with Gasteiger partial charge in [-0.15, -0.1) is 0 Å². The van der Waals surface area contributed by atoms with E-state index < -0.39 is 0 Å². The molecule has 0 spiro atoms. The van der Waals surface area contributed by atoms with E-state index in [4.69, 9.17) is 11.6 Å². The Kier molecular flexibility index (Phi) is 5.99. The SMILES string of the molecule is CC(=O)Nc1cc(NCc2c(C)nn(Cc3ccc(F)cc3)c2Cl)ccc1C. The molecule has 2 N–H and O–H groups in total. The highest BCUT2D eigenvalue weighted by Crippen LogP contribution is 2.24. The summed E-state index contributed by atoms with van der Waals surface area (Å²) in [4.78, 5) is 11.3. The molecule has 146 valence electrons. The predicted molar refractivity (Wildman–Crippen MR) is 110 cm³/mol. The van der Waals surface area contributed by atoms with Crippen LogP contribution < -0.4 is 10.6 Å². The summed E-state index contributed by atoms with van der Waals surface area (Å²) in [5.41, 5.74) is 5.27. The van der Waals surface area contributed by atoms with Crippen LogP contribution in [0.2, 0.25) is 5.15 Å². The van der Waals surface area contributed by atoms with Gasteiger partial charge in [-0.25, -0.2) is 9.07 Å². The molecule has 0 unspecified atom stereocenters. The van der Waals surface area contributed by atoms with Gasteiger partial charge in [-0.3, -0.25) is 4.79 Å². The zero-order valence-electron chi connectivity index (χ0n) is 16.0. The Balaban J connectivity index is 1.74. The number of benzene rings is 2. The van der Waals surface area contributed by atoms with Crippen LogP contribution in [-0.2, 0) is 17.9 Å². The Labute approximate surface area is 168 Å². The second kappa shape index (κ2) is 8.44. The summed E-state index contributed by atoms with van der Waals surface area (Å²) in [7, 11) is 0. The number of anilines is 2. The molecule has 5 nitrogen and oxygen atoms in total. The molecule has 0 saturated carbocycles. The highest BCUT2D eigenvalue weighted by atomic mass is 35.5. The van der Waals surface area contributed by atoms with Crippen molar-refractivity contribution in [1.82, 2.24) is 9.78 Å². The molecule has 1 aromatic heterocycles. The topological polar surface area (TPSA) is 59.0 Å². The van der Waals surface area contributed by atoms with E-state index in [2.05, 4.69) is 15.7 Å². The van der Waals surface area contributed by atoms with Crippen LogP contribution in [0.4, 0.5) is 15.8 Å². The first-order valence-corrected chi connectivity index (χ1v) is 9.29. The maximum Gasteiger partial charge on any atom is 0.221 e. The molecule has 3 rings (SSSR count). The average Bonchev–Trinajstić information content (AvgIpc) is 2.90.